The number of oxime groups is 1. The molecule has 2 rings (SSSR count). The standard InChI is InChI=1S/C18H21ClN2O6/c1-25-16(22)8-7-14(18(24)26-2)20-17(23)15-10-12(21-27-15)9-11-5-3-4-6-13(11)19/h3-6,14-15H,7-10H2,1-2H3,(H,20,23)/t14-,15?/m0/s1. The first-order valence-corrected chi connectivity index (χ1v) is 8.72. The maximum Gasteiger partial charge on any atom is 0.328 e. The Kier molecular flexibility index (Phi) is 7.60. The Morgan fingerprint density at radius 2 is 2.04 bits per heavy atom. The van der Waals surface area contributed by atoms with Gasteiger partial charge in [0.05, 0.1) is 19.9 Å². The van der Waals surface area contributed by atoms with Crippen molar-refractivity contribution in [3.63, 3.8) is 0 Å². The monoisotopic (exact) mass is 396 g/mol. The second-order valence-electron chi connectivity index (χ2n) is 5.92. The van der Waals surface area contributed by atoms with Crippen molar-refractivity contribution in [2.45, 2.75) is 37.8 Å². The van der Waals surface area contributed by atoms with E-state index in [0.717, 1.165) is 5.56 Å². The molecule has 1 aromatic carbocycles. The zero-order valence-corrected chi connectivity index (χ0v) is 15.8. The van der Waals surface area contributed by atoms with Gasteiger partial charge in [-0.25, -0.2) is 4.79 Å². The predicted octanol–water partition coefficient (Wildman–Crippen LogP) is 1.64. The molecule has 1 aliphatic rings. The van der Waals surface area contributed by atoms with Crippen molar-refractivity contribution in [3.8, 4) is 0 Å². The number of nitrogens with zero attached hydrogens (tertiary/aromatic N) is 1. The molecule has 0 spiro atoms. The van der Waals surface area contributed by atoms with Gasteiger partial charge in [-0.15, -0.1) is 0 Å². The van der Waals surface area contributed by atoms with Crippen LogP contribution < -0.4 is 5.32 Å². The van der Waals surface area contributed by atoms with Crippen LogP contribution in [0, 0.1) is 0 Å². The molecular weight excluding hydrogens is 376 g/mol. The Hall–Kier alpha value is -2.61. The Balaban J connectivity index is 1.90. The molecule has 27 heavy (non-hydrogen) atoms. The van der Waals surface area contributed by atoms with E-state index < -0.39 is 30.0 Å². The lowest BCUT2D eigenvalue weighted by Crippen LogP contribution is -2.46. The average Bonchev–Trinajstić information content (AvgIpc) is 3.14. The van der Waals surface area contributed by atoms with Crippen LogP contribution in [0.5, 0.6) is 0 Å². The summed E-state index contributed by atoms with van der Waals surface area (Å²) in [6, 6.07) is 6.37. The van der Waals surface area contributed by atoms with Gasteiger partial charge in [-0.3, -0.25) is 9.59 Å². The first-order valence-electron chi connectivity index (χ1n) is 8.34. The summed E-state index contributed by atoms with van der Waals surface area (Å²) in [5.41, 5.74) is 1.56. The van der Waals surface area contributed by atoms with E-state index in [1.165, 1.54) is 14.2 Å². The highest BCUT2D eigenvalue weighted by Crippen LogP contribution is 2.20. The van der Waals surface area contributed by atoms with E-state index in [2.05, 4.69) is 19.9 Å². The van der Waals surface area contributed by atoms with Crippen molar-refractivity contribution in [2.24, 2.45) is 5.16 Å². The van der Waals surface area contributed by atoms with E-state index in [0.29, 0.717) is 17.2 Å². The highest BCUT2D eigenvalue weighted by Gasteiger charge is 2.32. The number of ether oxygens (including phenoxy) is 2. The molecule has 1 heterocycles. The summed E-state index contributed by atoms with van der Waals surface area (Å²) in [6.07, 6.45) is -0.0805. The van der Waals surface area contributed by atoms with E-state index in [1.54, 1.807) is 6.07 Å². The fraction of sp³-hybridized carbons (Fsp3) is 0.444. The summed E-state index contributed by atoms with van der Waals surface area (Å²) in [5.74, 6) is -1.64. The second-order valence-corrected chi connectivity index (χ2v) is 6.33. The fourth-order valence-electron chi connectivity index (χ4n) is 2.55. The van der Waals surface area contributed by atoms with Gasteiger partial charge >= 0.3 is 11.9 Å². The number of carbonyl (C=O) groups excluding carboxylic acids is 3. The third-order valence-electron chi connectivity index (χ3n) is 4.04. The third kappa shape index (κ3) is 5.96. The smallest absolute Gasteiger partial charge is 0.328 e. The van der Waals surface area contributed by atoms with Crippen molar-refractivity contribution < 1.29 is 28.7 Å². The van der Waals surface area contributed by atoms with Gasteiger partial charge in [-0.2, -0.15) is 0 Å². The van der Waals surface area contributed by atoms with Crippen molar-refractivity contribution in [3.05, 3.63) is 34.9 Å². The van der Waals surface area contributed by atoms with Crippen LogP contribution in [0.1, 0.15) is 24.8 Å². The van der Waals surface area contributed by atoms with Crippen LogP contribution in [0.15, 0.2) is 29.4 Å². The number of rotatable bonds is 8. The van der Waals surface area contributed by atoms with Crippen LogP contribution in [-0.2, 0) is 35.1 Å². The summed E-state index contributed by atoms with van der Waals surface area (Å²) in [5, 5.41) is 7.09. The van der Waals surface area contributed by atoms with Crippen LogP contribution in [0.3, 0.4) is 0 Å². The van der Waals surface area contributed by atoms with Gasteiger partial charge in [-0.05, 0) is 18.1 Å². The fourth-order valence-corrected chi connectivity index (χ4v) is 2.76. The van der Waals surface area contributed by atoms with E-state index in [4.69, 9.17) is 16.4 Å². The number of hydrogen-bond donors (Lipinski definition) is 1. The van der Waals surface area contributed by atoms with Crippen LogP contribution >= 0.6 is 11.6 Å². The third-order valence-corrected chi connectivity index (χ3v) is 4.41. The summed E-state index contributed by atoms with van der Waals surface area (Å²) in [6.45, 7) is 0. The Morgan fingerprint density at radius 3 is 2.70 bits per heavy atom. The summed E-state index contributed by atoms with van der Waals surface area (Å²) >= 11 is 6.13. The maximum absolute atomic E-state index is 12.4. The quantitative estimate of drug-likeness (QED) is 0.670. The molecule has 0 aliphatic carbocycles. The molecule has 2 atom stereocenters. The molecule has 146 valence electrons. The second kappa shape index (κ2) is 9.91. The van der Waals surface area contributed by atoms with Gasteiger partial charge in [-0.1, -0.05) is 35.0 Å². The molecule has 1 unspecified atom stereocenters. The molecule has 0 saturated carbocycles. The molecule has 0 radical (unpaired) electrons. The number of halogens is 1. The minimum Gasteiger partial charge on any atom is -0.469 e. The van der Waals surface area contributed by atoms with E-state index >= 15 is 0 Å². The molecule has 1 amide bonds. The highest BCUT2D eigenvalue weighted by atomic mass is 35.5. The number of carbonyl (C=O) groups is 3. The van der Waals surface area contributed by atoms with Crippen LogP contribution in [-0.4, -0.2) is 49.9 Å². The predicted molar refractivity (Wildman–Crippen MR) is 97.3 cm³/mol. The topological polar surface area (TPSA) is 103 Å². The van der Waals surface area contributed by atoms with Crippen LogP contribution in [0.25, 0.3) is 0 Å². The Bertz CT molecular complexity index is 736. The lowest BCUT2D eigenvalue weighted by molar-refractivity contribution is -0.148. The molecule has 1 N–H and O–H groups in total. The van der Waals surface area contributed by atoms with Gasteiger partial charge < -0.3 is 19.6 Å². The summed E-state index contributed by atoms with van der Waals surface area (Å²) < 4.78 is 9.21. The SMILES string of the molecule is COC(=O)CC[C@H](NC(=O)C1CC(Cc2ccccc2Cl)=NO1)C(=O)OC. The number of benzene rings is 1. The number of methoxy groups -OCH3 is 2. The molecule has 8 nitrogen and oxygen atoms in total. The highest BCUT2D eigenvalue weighted by molar-refractivity contribution is 6.31. The maximum atomic E-state index is 12.4. The molecule has 1 aliphatic heterocycles. The minimum atomic E-state index is -0.974. The normalized spacial score (nSPS) is 16.7. The van der Waals surface area contributed by atoms with E-state index in [-0.39, 0.29) is 19.3 Å². The molecule has 1 aromatic rings. The van der Waals surface area contributed by atoms with Crippen molar-refractivity contribution in [1.29, 1.82) is 0 Å². The molecule has 9 heteroatoms. The molecule has 0 saturated heterocycles. The lowest BCUT2D eigenvalue weighted by Gasteiger charge is -2.17. The van der Waals surface area contributed by atoms with Gasteiger partial charge in [0.2, 0.25) is 6.10 Å². The first-order chi connectivity index (χ1) is 12.9. The Labute approximate surface area is 161 Å². The van der Waals surface area contributed by atoms with E-state index in [9.17, 15) is 14.4 Å². The number of esters is 2. The van der Waals surface area contributed by atoms with Gasteiger partial charge in [0.25, 0.3) is 5.91 Å². The van der Waals surface area contributed by atoms with Crippen LogP contribution in [0.2, 0.25) is 5.02 Å². The zero-order chi connectivity index (χ0) is 19.8. The van der Waals surface area contributed by atoms with Crippen molar-refractivity contribution >= 4 is 35.2 Å². The van der Waals surface area contributed by atoms with E-state index in [1.807, 2.05) is 18.2 Å². The minimum absolute atomic E-state index is 0.0314. The summed E-state index contributed by atoms with van der Waals surface area (Å²) in [4.78, 5) is 40.7. The number of hydrogen-bond acceptors (Lipinski definition) is 7. The van der Waals surface area contributed by atoms with Gasteiger partial charge in [0.15, 0.2) is 0 Å². The summed E-state index contributed by atoms with van der Waals surface area (Å²) in [7, 11) is 2.45. The number of amides is 1. The lowest BCUT2D eigenvalue weighted by atomic mass is 10.0. The molecule has 0 bridgehead atoms. The van der Waals surface area contributed by atoms with Gasteiger partial charge in [0.1, 0.15) is 6.04 Å². The zero-order valence-electron chi connectivity index (χ0n) is 15.1. The van der Waals surface area contributed by atoms with Crippen molar-refractivity contribution in [1.82, 2.24) is 5.32 Å². The largest absolute Gasteiger partial charge is 0.469 e. The number of nitrogens with one attached hydrogen (secondary N) is 1. The Morgan fingerprint density at radius 1 is 1.30 bits per heavy atom. The first kappa shape index (κ1) is 20.7. The van der Waals surface area contributed by atoms with Crippen LogP contribution in [0.4, 0.5) is 0 Å². The van der Waals surface area contributed by atoms with Gasteiger partial charge in [0, 0.05) is 24.3 Å². The average molecular weight is 397 g/mol. The van der Waals surface area contributed by atoms with Crippen molar-refractivity contribution in [2.75, 3.05) is 14.2 Å². The molecule has 0 fully saturated rings. The molecular formula is C18H21ClN2O6. The molecule has 0 aromatic heterocycles.